The number of hydrogen-bond acceptors (Lipinski definition) is 3. The first-order chi connectivity index (χ1) is 9.95. The molecule has 1 aromatic heterocycles. The maximum Gasteiger partial charge on any atom is 0.175 e. The smallest absolute Gasteiger partial charge is 0.175 e. The van der Waals surface area contributed by atoms with Crippen molar-refractivity contribution in [2.75, 3.05) is 6.26 Å². The Balaban J connectivity index is 2.19. The van der Waals surface area contributed by atoms with Crippen molar-refractivity contribution in [1.82, 2.24) is 4.98 Å². The van der Waals surface area contributed by atoms with Crippen LogP contribution in [-0.4, -0.2) is 19.7 Å². The van der Waals surface area contributed by atoms with Gasteiger partial charge < -0.3 is 0 Å². The Morgan fingerprint density at radius 1 is 1.00 bits per heavy atom. The van der Waals surface area contributed by atoms with E-state index in [1.54, 1.807) is 36.5 Å². The van der Waals surface area contributed by atoms with Gasteiger partial charge in [-0.15, -0.1) is 0 Å². The number of fused-ring (bicyclic) bond motifs is 1. The number of pyridine rings is 1. The lowest BCUT2D eigenvalue weighted by atomic mass is 10.0. The van der Waals surface area contributed by atoms with Crippen molar-refractivity contribution in [1.29, 1.82) is 0 Å². The lowest BCUT2D eigenvalue weighted by molar-refractivity contribution is 0.602. The van der Waals surface area contributed by atoms with Crippen LogP contribution in [0.15, 0.2) is 59.6 Å². The summed E-state index contributed by atoms with van der Waals surface area (Å²) in [5, 5.41) is 1.58. The first kappa shape index (κ1) is 14.0. The van der Waals surface area contributed by atoms with Gasteiger partial charge in [0.25, 0.3) is 0 Å². The van der Waals surface area contributed by atoms with E-state index in [9.17, 15) is 8.42 Å². The molecule has 0 bridgehead atoms. The second kappa shape index (κ2) is 5.13. The van der Waals surface area contributed by atoms with Gasteiger partial charge in [-0.1, -0.05) is 23.7 Å². The van der Waals surface area contributed by atoms with Gasteiger partial charge in [0.2, 0.25) is 0 Å². The molecular formula is C16H12ClNO2S. The lowest BCUT2D eigenvalue weighted by Gasteiger charge is -2.07. The molecule has 0 unspecified atom stereocenters. The van der Waals surface area contributed by atoms with Crippen LogP contribution in [0, 0.1) is 0 Å². The lowest BCUT2D eigenvalue weighted by Crippen LogP contribution is -1.96. The highest BCUT2D eigenvalue weighted by Crippen LogP contribution is 2.29. The average molecular weight is 318 g/mol. The highest BCUT2D eigenvalue weighted by atomic mass is 35.5. The molecule has 2 aromatic carbocycles. The first-order valence-corrected chi connectivity index (χ1v) is 8.57. The maximum atomic E-state index is 11.5. The predicted molar refractivity (Wildman–Crippen MR) is 85.3 cm³/mol. The number of benzene rings is 2. The van der Waals surface area contributed by atoms with E-state index in [0.717, 1.165) is 22.0 Å². The van der Waals surface area contributed by atoms with Crippen molar-refractivity contribution < 1.29 is 8.42 Å². The molecule has 0 N–H and O–H groups in total. The zero-order chi connectivity index (χ0) is 15.0. The van der Waals surface area contributed by atoms with E-state index in [1.807, 2.05) is 18.2 Å². The Kier molecular flexibility index (Phi) is 3.43. The van der Waals surface area contributed by atoms with Crippen molar-refractivity contribution in [2.24, 2.45) is 0 Å². The van der Waals surface area contributed by atoms with Gasteiger partial charge in [-0.05, 0) is 47.5 Å². The van der Waals surface area contributed by atoms with Crippen LogP contribution < -0.4 is 0 Å². The summed E-state index contributed by atoms with van der Waals surface area (Å²) < 4.78 is 23.0. The fourth-order valence-electron chi connectivity index (χ4n) is 2.25. The van der Waals surface area contributed by atoms with Gasteiger partial charge in [0.05, 0.1) is 10.4 Å². The molecule has 106 valence electrons. The summed E-state index contributed by atoms with van der Waals surface area (Å²) in [5.41, 5.74) is 2.75. The first-order valence-electron chi connectivity index (χ1n) is 6.30. The molecule has 3 nitrogen and oxygen atoms in total. The molecule has 0 fully saturated rings. The SMILES string of the molecule is CS(=O)(=O)c1ccc(-c2ccnc3ccc(Cl)cc23)cc1. The topological polar surface area (TPSA) is 47.0 Å². The molecule has 0 saturated heterocycles. The van der Waals surface area contributed by atoms with Crippen molar-refractivity contribution in [3.8, 4) is 11.1 Å². The molecular weight excluding hydrogens is 306 g/mol. The van der Waals surface area contributed by atoms with Crippen molar-refractivity contribution in [3.05, 3.63) is 59.8 Å². The molecule has 5 heteroatoms. The summed E-state index contributed by atoms with van der Waals surface area (Å²) in [6, 6.07) is 14.2. The molecule has 0 saturated carbocycles. The second-order valence-corrected chi connectivity index (χ2v) is 7.27. The van der Waals surface area contributed by atoms with Crippen LogP contribution in [0.1, 0.15) is 0 Å². The van der Waals surface area contributed by atoms with Crippen LogP contribution in [0.2, 0.25) is 5.02 Å². The van der Waals surface area contributed by atoms with Crippen LogP contribution in [0.5, 0.6) is 0 Å². The summed E-state index contributed by atoms with van der Waals surface area (Å²) in [5.74, 6) is 0. The van der Waals surface area contributed by atoms with Gasteiger partial charge in [-0.3, -0.25) is 4.98 Å². The Morgan fingerprint density at radius 2 is 1.71 bits per heavy atom. The Bertz CT molecular complexity index is 919. The monoisotopic (exact) mass is 317 g/mol. The molecule has 0 atom stereocenters. The van der Waals surface area contributed by atoms with E-state index in [4.69, 9.17) is 11.6 Å². The van der Waals surface area contributed by atoms with Crippen molar-refractivity contribution in [2.45, 2.75) is 4.90 Å². The zero-order valence-electron chi connectivity index (χ0n) is 11.2. The normalized spacial score (nSPS) is 11.7. The third-order valence-electron chi connectivity index (χ3n) is 3.30. The van der Waals surface area contributed by atoms with E-state index in [0.29, 0.717) is 9.92 Å². The maximum absolute atomic E-state index is 11.5. The molecule has 21 heavy (non-hydrogen) atoms. The molecule has 1 heterocycles. The number of hydrogen-bond donors (Lipinski definition) is 0. The van der Waals surface area contributed by atoms with Gasteiger partial charge in [0.15, 0.2) is 9.84 Å². The minimum atomic E-state index is -3.18. The zero-order valence-corrected chi connectivity index (χ0v) is 12.8. The van der Waals surface area contributed by atoms with Gasteiger partial charge >= 0.3 is 0 Å². The van der Waals surface area contributed by atoms with Crippen LogP contribution >= 0.6 is 11.6 Å². The minimum absolute atomic E-state index is 0.308. The number of nitrogens with zero attached hydrogens (tertiary/aromatic N) is 1. The highest BCUT2D eigenvalue weighted by molar-refractivity contribution is 7.90. The standard InChI is InChI=1S/C16H12ClNO2S/c1-21(19,20)13-5-2-11(3-6-13)14-8-9-18-16-7-4-12(17)10-15(14)16/h2-10H,1H3. The third kappa shape index (κ3) is 2.77. The summed E-state index contributed by atoms with van der Waals surface area (Å²) >= 11 is 6.06. The molecule has 3 aromatic rings. The van der Waals surface area contributed by atoms with Crippen LogP contribution in [0.4, 0.5) is 0 Å². The van der Waals surface area contributed by atoms with E-state index in [1.165, 1.54) is 6.26 Å². The molecule has 0 aliphatic rings. The van der Waals surface area contributed by atoms with Crippen LogP contribution in [0.3, 0.4) is 0 Å². The summed E-state index contributed by atoms with van der Waals surface area (Å²) in [4.78, 5) is 4.62. The summed E-state index contributed by atoms with van der Waals surface area (Å²) in [7, 11) is -3.18. The van der Waals surface area contributed by atoms with E-state index < -0.39 is 9.84 Å². The second-order valence-electron chi connectivity index (χ2n) is 4.82. The number of sulfone groups is 1. The van der Waals surface area contributed by atoms with E-state index in [2.05, 4.69) is 4.98 Å². The number of halogens is 1. The Morgan fingerprint density at radius 3 is 2.38 bits per heavy atom. The highest BCUT2D eigenvalue weighted by Gasteiger charge is 2.09. The largest absolute Gasteiger partial charge is 0.256 e. The fraction of sp³-hybridized carbons (Fsp3) is 0.0625. The Hall–Kier alpha value is -1.91. The van der Waals surface area contributed by atoms with Crippen molar-refractivity contribution in [3.63, 3.8) is 0 Å². The van der Waals surface area contributed by atoms with Gasteiger partial charge in [-0.2, -0.15) is 0 Å². The Labute approximate surface area is 128 Å². The molecule has 0 spiro atoms. The molecule has 0 radical (unpaired) electrons. The third-order valence-corrected chi connectivity index (χ3v) is 4.66. The van der Waals surface area contributed by atoms with E-state index in [-0.39, 0.29) is 0 Å². The molecule has 0 aliphatic carbocycles. The number of rotatable bonds is 2. The predicted octanol–water partition coefficient (Wildman–Crippen LogP) is 3.96. The summed E-state index contributed by atoms with van der Waals surface area (Å²) in [6.45, 7) is 0. The van der Waals surface area contributed by atoms with Crippen molar-refractivity contribution >= 4 is 32.3 Å². The van der Waals surface area contributed by atoms with E-state index >= 15 is 0 Å². The average Bonchev–Trinajstić information content (AvgIpc) is 2.46. The van der Waals surface area contributed by atoms with Gasteiger partial charge in [-0.25, -0.2) is 8.42 Å². The molecule has 0 amide bonds. The van der Waals surface area contributed by atoms with Crippen LogP contribution in [0.25, 0.3) is 22.0 Å². The molecule has 0 aliphatic heterocycles. The molecule has 3 rings (SSSR count). The van der Waals surface area contributed by atoms with Gasteiger partial charge in [0, 0.05) is 22.9 Å². The number of aromatic nitrogens is 1. The quantitative estimate of drug-likeness (QED) is 0.718. The van der Waals surface area contributed by atoms with Gasteiger partial charge in [0.1, 0.15) is 0 Å². The minimum Gasteiger partial charge on any atom is -0.256 e. The summed E-state index contributed by atoms with van der Waals surface area (Å²) in [6.07, 6.45) is 2.93. The van der Waals surface area contributed by atoms with Crippen LogP contribution in [-0.2, 0) is 9.84 Å². The fourth-order valence-corrected chi connectivity index (χ4v) is 3.05.